The SMILES string of the molecule is CCCCn1c(O)c2ccc(C(=O)N=NC(=O)C34CC5CC(CC(C5)C3)C4)cc2c1O. The average molecular weight is 424 g/mol. The molecule has 2 amide bonds. The summed E-state index contributed by atoms with van der Waals surface area (Å²) in [5.41, 5.74) is -0.180. The van der Waals surface area contributed by atoms with E-state index >= 15 is 0 Å². The molecule has 4 aliphatic rings. The van der Waals surface area contributed by atoms with Crippen molar-refractivity contribution in [2.24, 2.45) is 33.4 Å². The van der Waals surface area contributed by atoms with Crippen LogP contribution >= 0.6 is 0 Å². The summed E-state index contributed by atoms with van der Waals surface area (Å²) in [6.45, 7) is 2.52. The van der Waals surface area contributed by atoms with E-state index in [1.165, 1.54) is 29.9 Å². The van der Waals surface area contributed by atoms with Gasteiger partial charge in [0.1, 0.15) is 0 Å². The molecule has 0 unspecified atom stereocenters. The van der Waals surface area contributed by atoms with Crippen molar-refractivity contribution in [1.82, 2.24) is 4.57 Å². The largest absolute Gasteiger partial charge is 0.494 e. The maximum Gasteiger partial charge on any atom is 0.295 e. The monoisotopic (exact) mass is 423 g/mol. The average Bonchev–Trinajstić information content (AvgIpc) is 2.98. The lowest BCUT2D eigenvalue weighted by Gasteiger charge is -2.54. The van der Waals surface area contributed by atoms with Crippen LogP contribution in [0.4, 0.5) is 0 Å². The molecule has 1 heterocycles. The minimum Gasteiger partial charge on any atom is -0.494 e. The van der Waals surface area contributed by atoms with Crippen LogP contribution in [0.3, 0.4) is 0 Å². The zero-order chi connectivity index (χ0) is 21.8. The van der Waals surface area contributed by atoms with E-state index in [9.17, 15) is 19.8 Å². The summed E-state index contributed by atoms with van der Waals surface area (Å²) in [6.07, 6.45) is 8.09. The van der Waals surface area contributed by atoms with Gasteiger partial charge in [0, 0.05) is 22.9 Å². The number of benzene rings is 1. The van der Waals surface area contributed by atoms with Crippen molar-refractivity contribution in [2.75, 3.05) is 0 Å². The Kier molecular flexibility index (Phi) is 4.87. The molecule has 2 N–H and O–H groups in total. The molecule has 0 saturated heterocycles. The third kappa shape index (κ3) is 3.34. The van der Waals surface area contributed by atoms with E-state index < -0.39 is 11.3 Å². The molecule has 0 aliphatic heterocycles. The molecule has 31 heavy (non-hydrogen) atoms. The number of aromatic hydroxyl groups is 2. The summed E-state index contributed by atoms with van der Waals surface area (Å²) in [4.78, 5) is 25.6. The molecule has 7 nitrogen and oxygen atoms in total. The smallest absolute Gasteiger partial charge is 0.295 e. The summed E-state index contributed by atoms with van der Waals surface area (Å²) in [5, 5.41) is 29.4. The van der Waals surface area contributed by atoms with Gasteiger partial charge in [-0.2, -0.15) is 0 Å². The minimum atomic E-state index is -0.611. The Morgan fingerprint density at radius 2 is 1.61 bits per heavy atom. The lowest BCUT2D eigenvalue weighted by Crippen LogP contribution is -2.49. The number of azo groups is 1. The second-order valence-corrected chi connectivity index (χ2v) is 9.92. The fourth-order valence-electron chi connectivity index (χ4n) is 6.60. The summed E-state index contributed by atoms with van der Waals surface area (Å²) >= 11 is 0. The second-order valence-electron chi connectivity index (χ2n) is 9.92. The van der Waals surface area contributed by atoms with Crippen molar-refractivity contribution in [1.29, 1.82) is 0 Å². The highest BCUT2D eigenvalue weighted by molar-refractivity contribution is 6.02. The zero-order valence-corrected chi connectivity index (χ0v) is 17.9. The quantitative estimate of drug-likeness (QED) is 0.646. The van der Waals surface area contributed by atoms with E-state index in [1.54, 1.807) is 12.1 Å². The van der Waals surface area contributed by atoms with Crippen molar-refractivity contribution < 1.29 is 19.8 Å². The number of hydrogen-bond acceptors (Lipinski definition) is 4. The first-order chi connectivity index (χ1) is 14.9. The normalized spacial score (nSPS) is 29.3. The van der Waals surface area contributed by atoms with Crippen LogP contribution in [0.2, 0.25) is 0 Å². The van der Waals surface area contributed by atoms with Gasteiger partial charge in [0.05, 0.1) is 5.41 Å². The number of aromatic nitrogens is 1. The topological polar surface area (TPSA) is 104 Å². The number of carbonyl (C=O) groups is 2. The predicted octanol–water partition coefficient (Wildman–Crippen LogP) is 5.19. The van der Waals surface area contributed by atoms with Crippen LogP contribution in [-0.4, -0.2) is 26.6 Å². The van der Waals surface area contributed by atoms with Crippen LogP contribution in [0.15, 0.2) is 28.4 Å². The Morgan fingerprint density at radius 1 is 1.00 bits per heavy atom. The van der Waals surface area contributed by atoms with Gasteiger partial charge in [0.2, 0.25) is 11.8 Å². The van der Waals surface area contributed by atoms with E-state index in [4.69, 9.17) is 0 Å². The number of unbranched alkanes of at least 4 members (excludes halogenated alkanes) is 1. The van der Waals surface area contributed by atoms with Crippen LogP contribution in [0, 0.1) is 23.2 Å². The summed E-state index contributed by atoms with van der Waals surface area (Å²) in [7, 11) is 0. The van der Waals surface area contributed by atoms with Gasteiger partial charge in [0.25, 0.3) is 11.8 Å². The van der Waals surface area contributed by atoms with Crippen molar-refractivity contribution in [3.8, 4) is 11.8 Å². The lowest BCUT2D eigenvalue weighted by atomic mass is 9.49. The van der Waals surface area contributed by atoms with Gasteiger partial charge in [-0.15, -0.1) is 10.2 Å². The van der Waals surface area contributed by atoms with Gasteiger partial charge in [0.15, 0.2) is 0 Å². The lowest BCUT2D eigenvalue weighted by molar-refractivity contribution is -0.143. The van der Waals surface area contributed by atoms with Crippen molar-refractivity contribution in [3.05, 3.63) is 23.8 Å². The maximum absolute atomic E-state index is 13.0. The van der Waals surface area contributed by atoms with Gasteiger partial charge in [-0.05, 0) is 80.9 Å². The fourth-order valence-corrected chi connectivity index (χ4v) is 6.60. The highest BCUT2D eigenvalue weighted by atomic mass is 16.3. The van der Waals surface area contributed by atoms with Crippen LogP contribution < -0.4 is 0 Å². The Labute approximate surface area is 181 Å². The number of fused-ring (bicyclic) bond motifs is 1. The van der Waals surface area contributed by atoms with Crippen LogP contribution in [-0.2, 0) is 11.3 Å². The van der Waals surface area contributed by atoms with E-state index in [-0.39, 0.29) is 23.2 Å². The first-order valence-electron chi connectivity index (χ1n) is 11.4. The molecule has 1 aromatic carbocycles. The van der Waals surface area contributed by atoms with E-state index in [1.807, 2.05) is 6.92 Å². The second kappa shape index (κ2) is 7.46. The number of nitrogens with zero attached hydrogens (tertiary/aromatic N) is 3. The molecule has 6 rings (SSSR count). The highest BCUT2D eigenvalue weighted by Gasteiger charge is 2.54. The van der Waals surface area contributed by atoms with E-state index in [2.05, 4.69) is 10.2 Å². The number of amides is 2. The first kappa shape index (κ1) is 20.2. The summed E-state index contributed by atoms with van der Waals surface area (Å²) < 4.78 is 1.44. The molecule has 0 atom stereocenters. The minimum absolute atomic E-state index is 0.0152. The molecule has 164 valence electrons. The van der Waals surface area contributed by atoms with Gasteiger partial charge < -0.3 is 10.2 Å². The number of hydrogen-bond donors (Lipinski definition) is 2. The first-order valence-corrected chi connectivity index (χ1v) is 11.4. The van der Waals surface area contributed by atoms with Crippen LogP contribution in [0.25, 0.3) is 10.8 Å². The van der Waals surface area contributed by atoms with Crippen LogP contribution in [0.5, 0.6) is 11.8 Å². The summed E-state index contributed by atoms with van der Waals surface area (Å²) in [6, 6.07) is 4.64. The molecule has 4 saturated carbocycles. The third-order valence-electron chi connectivity index (χ3n) is 7.72. The van der Waals surface area contributed by atoms with Gasteiger partial charge in [-0.3, -0.25) is 14.2 Å². The predicted molar refractivity (Wildman–Crippen MR) is 115 cm³/mol. The Hall–Kier alpha value is -2.70. The molecular weight excluding hydrogens is 394 g/mol. The zero-order valence-electron chi connectivity index (χ0n) is 17.9. The Balaban J connectivity index is 1.36. The molecule has 4 aliphatic carbocycles. The molecule has 4 bridgehead atoms. The molecule has 2 aromatic rings. The van der Waals surface area contributed by atoms with Gasteiger partial charge >= 0.3 is 0 Å². The van der Waals surface area contributed by atoms with E-state index in [0.717, 1.165) is 32.1 Å². The van der Waals surface area contributed by atoms with Crippen molar-refractivity contribution in [3.63, 3.8) is 0 Å². The Bertz CT molecular complexity index is 1050. The van der Waals surface area contributed by atoms with Crippen molar-refractivity contribution >= 4 is 22.6 Å². The summed E-state index contributed by atoms with van der Waals surface area (Å²) in [5.74, 6) is 0.922. The molecule has 4 fully saturated rings. The van der Waals surface area contributed by atoms with Gasteiger partial charge in [-0.25, -0.2) is 0 Å². The van der Waals surface area contributed by atoms with E-state index in [0.29, 0.717) is 35.1 Å². The van der Waals surface area contributed by atoms with Crippen LogP contribution in [0.1, 0.15) is 68.6 Å². The number of carbonyl (C=O) groups excluding carboxylic acids is 2. The molecule has 1 aromatic heterocycles. The fraction of sp³-hybridized carbons (Fsp3) is 0.583. The molecule has 0 radical (unpaired) electrons. The highest BCUT2D eigenvalue weighted by Crippen LogP contribution is 2.60. The third-order valence-corrected chi connectivity index (χ3v) is 7.72. The van der Waals surface area contributed by atoms with Crippen molar-refractivity contribution in [2.45, 2.75) is 64.8 Å². The maximum atomic E-state index is 13.0. The Morgan fingerprint density at radius 3 is 2.23 bits per heavy atom. The standard InChI is InChI=1S/C24H29N3O4/c1-2-3-6-27-21(29)18-5-4-17(10-19(18)22(27)30)20(28)25-26-23(31)24-11-14-7-15(12-24)9-16(8-14)13-24/h4-5,10,14-16,29-30H,2-3,6-9,11-13H2,1H3. The van der Waals surface area contributed by atoms with Gasteiger partial charge in [-0.1, -0.05) is 13.3 Å². The molecular formula is C24H29N3O4. The molecule has 7 heteroatoms. The molecule has 0 spiro atoms. The number of rotatable bonds is 5.